The zero-order valence-electron chi connectivity index (χ0n) is 10.5. The number of carbonyl (C=O) groups is 1. The molecule has 100 valence electrons. The third-order valence-electron chi connectivity index (χ3n) is 2.59. The number of benzene rings is 1. The maximum absolute atomic E-state index is 11.6. The molecular formula is C13H17BrClNO2. The third-order valence-corrected chi connectivity index (χ3v) is 3.48. The van der Waals surface area contributed by atoms with Crippen LogP contribution in [0.1, 0.15) is 31.4 Å². The van der Waals surface area contributed by atoms with E-state index < -0.39 is 0 Å². The summed E-state index contributed by atoms with van der Waals surface area (Å²) in [5, 5.41) is 2.94. The predicted octanol–water partition coefficient (Wildman–Crippen LogP) is 3.65. The SMILES string of the molecule is COc1ccc(C(C)NC(=O)CCCCl)cc1Br. The highest BCUT2D eigenvalue weighted by Gasteiger charge is 2.11. The molecule has 0 heterocycles. The Labute approximate surface area is 121 Å². The number of rotatable bonds is 6. The highest BCUT2D eigenvalue weighted by Crippen LogP contribution is 2.27. The molecule has 1 N–H and O–H groups in total. The van der Waals surface area contributed by atoms with Gasteiger partial charge in [-0.1, -0.05) is 6.07 Å². The Morgan fingerprint density at radius 3 is 2.83 bits per heavy atom. The van der Waals surface area contributed by atoms with E-state index in [0.29, 0.717) is 18.7 Å². The van der Waals surface area contributed by atoms with E-state index in [1.807, 2.05) is 25.1 Å². The first-order valence-corrected chi connectivity index (χ1v) is 7.10. The summed E-state index contributed by atoms with van der Waals surface area (Å²) in [5.41, 5.74) is 1.03. The van der Waals surface area contributed by atoms with Crippen LogP contribution in [0.3, 0.4) is 0 Å². The first-order chi connectivity index (χ1) is 8.58. The highest BCUT2D eigenvalue weighted by molar-refractivity contribution is 9.10. The van der Waals surface area contributed by atoms with Crippen LogP contribution in [0.4, 0.5) is 0 Å². The molecule has 0 aromatic heterocycles. The smallest absolute Gasteiger partial charge is 0.220 e. The van der Waals surface area contributed by atoms with Gasteiger partial charge in [0, 0.05) is 12.3 Å². The number of nitrogens with one attached hydrogen (secondary N) is 1. The van der Waals surface area contributed by atoms with Gasteiger partial charge < -0.3 is 10.1 Å². The van der Waals surface area contributed by atoms with Crippen molar-refractivity contribution in [3.63, 3.8) is 0 Å². The maximum atomic E-state index is 11.6. The van der Waals surface area contributed by atoms with E-state index in [-0.39, 0.29) is 11.9 Å². The average molecular weight is 335 g/mol. The summed E-state index contributed by atoms with van der Waals surface area (Å²) in [6.45, 7) is 1.95. The lowest BCUT2D eigenvalue weighted by molar-refractivity contribution is -0.121. The number of ether oxygens (including phenoxy) is 1. The van der Waals surface area contributed by atoms with Gasteiger partial charge in [-0.2, -0.15) is 0 Å². The average Bonchev–Trinajstić information content (AvgIpc) is 2.36. The Kier molecular flexibility index (Phi) is 6.50. The van der Waals surface area contributed by atoms with Gasteiger partial charge in [-0.25, -0.2) is 0 Å². The molecule has 0 saturated carbocycles. The molecule has 1 unspecified atom stereocenters. The fourth-order valence-electron chi connectivity index (χ4n) is 1.58. The van der Waals surface area contributed by atoms with Gasteiger partial charge in [0.2, 0.25) is 5.91 Å². The lowest BCUT2D eigenvalue weighted by Crippen LogP contribution is -2.26. The maximum Gasteiger partial charge on any atom is 0.220 e. The molecular weight excluding hydrogens is 318 g/mol. The van der Waals surface area contributed by atoms with Crippen molar-refractivity contribution in [1.29, 1.82) is 0 Å². The van der Waals surface area contributed by atoms with E-state index in [2.05, 4.69) is 21.2 Å². The molecule has 0 saturated heterocycles. The number of halogens is 2. The number of alkyl halides is 1. The molecule has 0 spiro atoms. The number of hydrogen-bond acceptors (Lipinski definition) is 2. The largest absolute Gasteiger partial charge is 0.496 e. The van der Waals surface area contributed by atoms with Crippen molar-refractivity contribution >= 4 is 33.4 Å². The van der Waals surface area contributed by atoms with Crippen LogP contribution in [-0.2, 0) is 4.79 Å². The van der Waals surface area contributed by atoms with E-state index in [9.17, 15) is 4.79 Å². The quantitative estimate of drug-likeness (QED) is 0.806. The number of carbonyl (C=O) groups excluding carboxylic acids is 1. The molecule has 1 aromatic rings. The summed E-state index contributed by atoms with van der Waals surface area (Å²) in [7, 11) is 1.62. The van der Waals surface area contributed by atoms with Crippen molar-refractivity contribution in [2.75, 3.05) is 13.0 Å². The Hall–Kier alpha value is -0.740. The topological polar surface area (TPSA) is 38.3 Å². The first-order valence-electron chi connectivity index (χ1n) is 5.77. The summed E-state index contributed by atoms with van der Waals surface area (Å²) < 4.78 is 6.04. The summed E-state index contributed by atoms with van der Waals surface area (Å²) in [4.78, 5) is 11.6. The van der Waals surface area contributed by atoms with Crippen LogP contribution in [0.25, 0.3) is 0 Å². The second-order valence-corrected chi connectivity index (χ2v) is 5.21. The van der Waals surface area contributed by atoms with Crippen LogP contribution < -0.4 is 10.1 Å². The van der Waals surface area contributed by atoms with E-state index in [4.69, 9.17) is 16.3 Å². The van der Waals surface area contributed by atoms with Crippen molar-refractivity contribution in [3.05, 3.63) is 28.2 Å². The Balaban J connectivity index is 2.63. The fraction of sp³-hybridized carbons (Fsp3) is 0.462. The van der Waals surface area contributed by atoms with Crippen LogP contribution in [0.15, 0.2) is 22.7 Å². The molecule has 1 aromatic carbocycles. The Bertz CT molecular complexity index is 412. The van der Waals surface area contributed by atoms with E-state index in [0.717, 1.165) is 15.8 Å². The molecule has 0 fully saturated rings. The van der Waals surface area contributed by atoms with Gasteiger partial charge in [-0.05, 0) is 47.0 Å². The molecule has 0 bridgehead atoms. The highest BCUT2D eigenvalue weighted by atomic mass is 79.9. The van der Waals surface area contributed by atoms with Crippen LogP contribution in [0, 0.1) is 0 Å². The van der Waals surface area contributed by atoms with Crippen molar-refractivity contribution in [2.45, 2.75) is 25.8 Å². The molecule has 3 nitrogen and oxygen atoms in total. The Morgan fingerprint density at radius 2 is 2.28 bits per heavy atom. The molecule has 0 radical (unpaired) electrons. The lowest BCUT2D eigenvalue weighted by Gasteiger charge is -2.15. The van der Waals surface area contributed by atoms with Crippen molar-refractivity contribution in [2.24, 2.45) is 0 Å². The second-order valence-electron chi connectivity index (χ2n) is 3.98. The number of methoxy groups -OCH3 is 1. The minimum atomic E-state index is -0.0324. The molecule has 18 heavy (non-hydrogen) atoms. The molecule has 0 aliphatic rings. The predicted molar refractivity (Wildman–Crippen MR) is 77.2 cm³/mol. The zero-order chi connectivity index (χ0) is 13.5. The van der Waals surface area contributed by atoms with E-state index in [1.54, 1.807) is 7.11 Å². The zero-order valence-corrected chi connectivity index (χ0v) is 12.8. The van der Waals surface area contributed by atoms with E-state index in [1.165, 1.54) is 0 Å². The molecule has 1 rings (SSSR count). The third kappa shape index (κ3) is 4.50. The van der Waals surface area contributed by atoms with Gasteiger partial charge in [0.15, 0.2) is 0 Å². The molecule has 0 aliphatic carbocycles. The molecule has 5 heteroatoms. The van der Waals surface area contributed by atoms with Gasteiger partial charge in [-0.15, -0.1) is 11.6 Å². The summed E-state index contributed by atoms with van der Waals surface area (Å²) in [6, 6.07) is 5.73. The summed E-state index contributed by atoms with van der Waals surface area (Å²) in [5.74, 6) is 1.31. The summed E-state index contributed by atoms with van der Waals surface area (Å²) in [6.07, 6.45) is 1.16. The lowest BCUT2D eigenvalue weighted by atomic mass is 10.1. The van der Waals surface area contributed by atoms with Gasteiger partial charge in [0.1, 0.15) is 5.75 Å². The minimum Gasteiger partial charge on any atom is -0.496 e. The second kappa shape index (κ2) is 7.64. The Morgan fingerprint density at radius 1 is 1.56 bits per heavy atom. The number of hydrogen-bond donors (Lipinski definition) is 1. The molecule has 1 atom stereocenters. The van der Waals surface area contributed by atoms with Gasteiger partial charge in [0.05, 0.1) is 17.6 Å². The van der Waals surface area contributed by atoms with Gasteiger partial charge in [0.25, 0.3) is 0 Å². The van der Waals surface area contributed by atoms with Crippen LogP contribution >= 0.6 is 27.5 Å². The van der Waals surface area contributed by atoms with Crippen LogP contribution in [0.5, 0.6) is 5.75 Å². The first kappa shape index (κ1) is 15.3. The fourth-order valence-corrected chi connectivity index (χ4v) is 2.27. The molecule has 0 aliphatic heterocycles. The van der Waals surface area contributed by atoms with Crippen molar-refractivity contribution in [1.82, 2.24) is 5.32 Å². The number of amides is 1. The minimum absolute atomic E-state index is 0.0232. The van der Waals surface area contributed by atoms with Crippen LogP contribution in [-0.4, -0.2) is 18.9 Å². The van der Waals surface area contributed by atoms with Crippen molar-refractivity contribution in [3.8, 4) is 5.75 Å². The van der Waals surface area contributed by atoms with Crippen molar-refractivity contribution < 1.29 is 9.53 Å². The summed E-state index contributed by atoms with van der Waals surface area (Å²) >= 11 is 8.98. The standard InChI is InChI=1S/C13H17BrClNO2/c1-9(16-13(17)4-3-7-15)10-5-6-12(18-2)11(14)8-10/h5-6,8-9H,3-4,7H2,1-2H3,(H,16,17). The normalized spacial score (nSPS) is 12.0. The van der Waals surface area contributed by atoms with Crippen LogP contribution in [0.2, 0.25) is 0 Å². The monoisotopic (exact) mass is 333 g/mol. The van der Waals surface area contributed by atoms with Gasteiger partial charge >= 0.3 is 0 Å². The molecule has 1 amide bonds. The van der Waals surface area contributed by atoms with Gasteiger partial charge in [-0.3, -0.25) is 4.79 Å². The van der Waals surface area contributed by atoms with E-state index >= 15 is 0 Å².